The van der Waals surface area contributed by atoms with Crippen LogP contribution in [0.2, 0.25) is 0 Å². The molecule has 1 rings (SSSR count). The average Bonchev–Trinajstić information content (AvgIpc) is 2.16. The van der Waals surface area contributed by atoms with Crippen molar-refractivity contribution in [1.82, 2.24) is 5.32 Å². The van der Waals surface area contributed by atoms with E-state index >= 15 is 0 Å². The van der Waals surface area contributed by atoms with Crippen LogP contribution in [0.3, 0.4) is 0 Å². The Bertz CT molecular complexity index is 176. The molecule has 1 aliphatic carbocycles. The van der Waals surface area contributed by atoms with E-state index < -0.39 is 0 Å². The van der Waals surface area contributed by atoms with E-state index in [1.165, 1.54) is 32.1 Å². The molecule has 2 nitrogen and oxygen atoms in total. The number of hydrogen-bond donors (Lipinski definition) is 1. The SMILES string of the molecule is CC(=O)NCC1(CBr)CCCCC1. The number of alkyl halides is 1. The van der Waals surface area contributed by atoms with Crippen LogP contribution in [0.4, 0.5) is 0 Å². The van der Waals surface area contributed by atoms with Crippen molar-refractivity contribution in [2.75, 3.05) is 11.9 Å². The predicted molar refractivity (Wildman–Crippen MR) is 58.0 cm³/mol. The smallest absolute Gasteiger partial charge is 0.216 e. The normalized spacial score (nSPS) is 21.1. The van der Waals surface area contributed by atoms with Crippen LogP contribution in [0.1, 0.15) is 39.0 Å². The molecule has 1 N–H and O–H groups in total. The minimum absolute atomic E-state index is 0.0888. The molecule has 1 amide bonds. The fourth-order valence-corrected chi connectivity index (χ4v) is 2.73. The van der Waals surface area contributed by atoms with Crippen LogP contribution in [0.15, 0.2) is 0 Å². The maximum atomic E-state index is 10.8. The number of carbonyl (C=O) groups excluding carboxylic acids is 1. The first-order chi connectivity index (χ1) is 6.18. The molecule has 1 saturated carbocycles. The molecule has 0 radical (unpaired) electrons. The Morgan fingerprint density at radius 3 is 2.46 bits per heavy atom. The average molecular weight is 248 g/mol. The monoisotopic (exact) mass is 247 g/mol. The summed E-state index contributed by atoms with van der Waals surface area (Å²) in [5, 5.41) is 3.95. The minimum Gasteiger partial charge on any atom is -0.356 e. The lowest BCUT2D eigenvalue weighted by atomic mass is 9.75. The van der Waals surface area contributed by atoms with E-state index in [0.717, 1.165) is 11.9 Å². The first-order valence-corrected chi connectivity index (χ1v) is 6.11. The number of amides is 1. The minimum atomic E-state index is 0.0888. The highest BCUT2D eigenvalue weighted by Gasteiger charge is 2.30. The van der Waals surface area contributed by atoms with Crippen molar-refractivity contribution in [1.29, 1.82) is 0 Å². The molecule has 0 aromatic carbocycles. The van der Waals surface area contributed by atoms with Crippen molar-refractivity contribution >= 4 is 21.8 Å². The lowest BCUT2D eigenvalue weighted by Crippen LogP contribution is -2.39. The third kappa shape index (κ3) is 3.29. The highest BCUT2D eigenvalue weighted by molar-refractivity contribution is 9.09. The standard InChI is InChI=1S/C10H18BrNO/c1-9(13)12-8-10(7-11)5-3-2-4-6-10/h2-8H2,1H3,(H,12,13). The Morgan fingerprint density at radius 2 is 2.00 bits per heavy atom. The Hall–Kier alpha value is -0.0500. The highest BCUT2D eigenvalue weighted by Crippen LogP contribution is 2.37. The zero-order valence-corrected chi connectivity index (χ0v) is 9.82. The molecule has 0 aliphatic heterocycles. The number of halogens is 1. The Morgan fingerprint density at radius 1 is 1.38 bits per heavy atom. The number of hydrogen-bond acceptors (Lipinski definition) is 1. The van der Waals surface area contributed by atoms with Crippen LogP contribution >= 0.6 is 15.9 Å². The molecule has 3 heteroatoms. The Kier molecular flexibility index (Phi) is 4.23. The maximum Gasteiger partial charge on any atom is 0.216 e. The second-order valence-electron chi connectivity index (χ2n) is 4.10. The van der Waals surface area contributed by atoms with Crippen molar-refractivity contribution in [3.8, 4) is 0 Å². The van der Waals surface area contributed by atoms with Crippen LogP contribution in [-0.2, 0) is 4.79 Å². The molecule has 76 valence electrons. The van der Waals surface area contributed by atoms with Gasteiger partial charge in [-0.2, -0.15) is 0 Å². The summed E-state index contributed by atoms with van der Waals surface area (Å²) in [7, 11) is 0. The summed E-state index contributed by atoms with van der Waals surface area (Å²) in [6.07, 6.45) is 6.47. The van der Waals surface area contributed by atoms with Gasteiger partial charge < -0.3 is 5.32 Å². The van der Waals surface area contributed by atoms with Gasteiger partial charge in [-0.3, -0.25) is 4.79 Å². The van der Waals surface area contributed by atoms with Crippen molar-refractivity contribution in [2.24, 2.45) is 5.41 Å². The van der Waals surface area contributed by atoms with Gasteiger partial charge in [0.25, 0.3) is 0 Å². The van der Waals surface area contributed by atoms with Gasteiger partial charge in [-0.25, -0.2) is 0 Å². The zero-order valence-electron chi connectivity index (χ0n) is 8.24. The van der Waals surface area contributed by atoms with E-state index in [2.05, 4.69) is 21.2 Å². The zero-order chi connectivity index (χ0) is 9.73. The fourth-order valence-electron chi connectivity index (χ4n) is 1.97. The van der Waals surface area contributed by atoms with E-state index in [4.69, 9.17) is 0 Å². The molecule has 0 heterocycles. The summed E-state index contributed by atoms with van der Waals surface area (Å²) in [6.45, 7) is 2.43. The molecule has 0 aromatic heterocycles. The molecule has 0 unspecified atom stereocenters. The number of rotatable bonds is 3. The van der Waals surface area contributed by atoms with Crippen molar-refractivity contribution in [3.05, 3.63) is 0 Å². The van der Waals surface area contributed by atoms with Crippen molar-refractivity contribution < 1.29 is 4.79 Å². The highest BCUT2D eigenvalue weighted by atomic mass is 79.9. The van der Waals surface area contributed by atoms with Crippen LogP contribution in [0.5, 0.6) is 0 Å². The van der Waals surface area contributed by atoms with Gasteiger partial charge in [-0.05, 0) is 18.3 Å². The quantitative estimate of drug-likeness (QED) is 0.764. The van der Waals surface area contributed by atoms with Gasteiger partial charge in [0.2, 0.25) is 5.91 Å². The molecular formula is C10H18BrNO. The molecule has 0 bridgehead atoms. The topological polar surface area (TPSA) is 29.1 Å². The van der Waals surface area contributed by atoms with E-state index in [-0.39, 0.29) is 5.91 Å². The molecule has 0 spiro atoms. The number of nitrogens with one attached hydrogen (secondary N) is 1. The van der Waals surface area contributed by atoms with E-state index in [1.807, 2.05) is 0 Å². The first-order valence-electron chi connectivity index (χ1n) is 4.99. The molecule has 0 atom stereocenters. The Balaban J connectivity index is 2.42. The summed E-state index contributed by atoms with van der Waals surface area (Å²) in [5.41, 5.74) is 0.337. The molecule has 1 fully saturated rings. The molecule has 0 aromatic rings. The molecule has 0 saturated heterocycles. The first kappa shape index (κ1) is 11.0. The summed E-state index contributed by atoms with van der Waals surface area (Å²) in [4.78, 5) is 10.8. The summed E-state index contributed by atoms with van der Waals surface area (Å²) in [6, 6.07) is 0. The van der Waals surface area contributed by atoms with Gasteiger partial charge >= 0.3 is 0 Å². The third-order valence-electron chi connectivity index (χ3n) is 2.91. The van der Waals surface area contributed by atoms with Crippen LogP contribution in [0, 0.1) is 5.41 Å². The molecular weight excluding hydrogens is 230 g/mol. The van der Waals surface area contributed by atoms with Crippen molar-refractivity contribution in [3.63, 3.8) is 0 Å². The molecule has 1 aliphatic rings. The predicted octanol–water partition coefficient (Wildman–Crippen LogP) is 2.47. The number of carbonyl (C=O) groups is 1. The summed E-state index contributed by atoms with van der Waals surface area (Å²) < 4.78 is 0. The van der Waals surface area contributed by atoms with Gasteiger partial charge in [0, 0.05) is 18.8 Å². The third-order valence-corrected chi connectivity index (χ3v) is 4.10. The molecule has 13 heavy (non-hydrogen) atoms. The lowest BCUT2D eigenvalue weighted by molar-refractivity contribution is -0.119. The largest absolute Gasteiger partial charge is 0.356 e. The fraction of sp³-hybridized carbons (Fsp3) is 0.900. The van der Waals surface area contributed by atoms with Gasteiger partial charge in [0.05, 0.1) is 0 Å². The van der Waals surface area contributed by atoms with Gasteiger partial charge in [-0.15, -0.1) is 0 Å². The van der Waals surface area contributed by atoms with Crippen LogP contribution < -0.4 is 5.32 Å². The van der Waals surface area contributed by atoms with Crippen LogP contribution in [0.25, 0.3) is 0 Å². The second-order valence-corrected chi connectivity index (χ2v) is 4.66. The second kappa shape index (κ2) is 4.99. The Labute approximate surface area is 88.6 Å². The van der Waals surface area contributed by atoms with Crippen molar-refractivity contribution in [2.45, 2.75) is 39.0 Å². The summed E-state index contributed by atoms with van der Waals surface area (Å²) in [5.74, 6) is 0.0888. The van der Waals surface area contributed by atoms with Gasteiger partial charge in [-0.1, -0.05) is 35.2 Å². The maximum absolute atomic E-state index is 10.8. The van der Waals surface area contributed by atoms with E-state index in [0.29, 0.717) is 5.41 Å². The van der Waals surface area contributed by atoms with E-state index in [1.54, 1.807) is 6.92 Å². The van der Waals surface area contributed by atoms with Gasteiger partial charge in [0.15, 0.2) is 0 Å². The van der Waals surface area contributed by atoms with Crippen LogP contribution in [-0.4, -0.2) is 17.8 Å². The van der Waals surface area contributed by atoms with E-state index in [9.17, 15) is 4.79 Å². The lowest BCUT2D eigenvalue weighted by Gasteiger charge is -2.35. The van der Waals surface area contributed by atoms with Gasteiger partial charge in [0.1, 0.15) is 0 Å². The summed E-state index contributed by atoms with van der Waals surface area (Å²) >= 11 is 3.57.